The first-order chi connectivity index (χ1) is 16.0. The fourth-order valence-electron chi connectivity index (χ4n) is 3.21. The Balaban J connectivity index is 1.51. The number of para-hydroxylation sites is 1. The van der Waals surface area contributed by atoms with Crippen molar-refractivity contribution in [3.05, 3.63) is 64.9 Å². The van der Waals surface area contributed by atoms with Crippen molar-refractivity contribution in [1.82, 2.24) is 14.8 Å². The minimum absolute atomic E-state index is 0.126. The number of thioether (sulfide) groups is 1. The summed E-state index contributed by atoms with van der Waals surface area (Å²) in [6.45, 7) is 5.74. The van der Waals surface area contributed by atoms with Crippen LogP contribution in [0.5, 0.6) is 0 Å². The number of benzene rings is 1. The van der Waals surface area contributed by atoms with Gasteiger partial charge in [-0.1, -0.05) is 30.0 Å². The van der Waals surface area contributed by atoms with E-state index >= 15 is 0 Å². The standard InChI is InChI=1S/C23H22N4O4S2/c1-4-30-22(29)20-14(2)12-19(33-20)24-18(28)13-32-23-26-25-21(17-10-11-31-15(17)3)27(23)16-8-6-5-7-9-16/h5-12H,4,13H2,1-3H3,(H,24,28). The van der Waals surface area contributed by atoms with Crippen molar-refractivity contribution in [1.29, 1.82) is 0 Å². The number of esters is 1. The summed E-state index contributed by atoms with van der Waals surface area (Å²) in [7, 11) is 0. The Morgan fingerprint density at radius 3 is 2.67 bits per heavy atom. The Labute approximate surface area is 199 Å². The van der Waals surface area contributed by atoms with Gasteiger partial charge in [0.2, 0.25) is 5.91 Å². The van der Waals surface area contributed by atoms with Gasteiger partial charge in [0, 0.05) is 5.69 Å². The van der Waals surface area contributed by atoms with Gasteiger partial charge < -0.3 is 14.5 Å². The van der Waals surface area contributed by atoms with E-state index < -0.39 is 0 Å². The number of aryl methyl sites for hydroxylation is 2. The molecule has 0 fully saturated rings. The monoisotopic (exact) mass is 482 g/mol. The first-order valence-corrected chi connectivity index (χ1v) is 12.0. The number of amides is 1. The van der Waals surface area contributed by atoms with Crippen LogP contribution in [0.4, 0.5) is 5.00 Å². The molecule has 4 rings (SSSR count). The molecule has 8 nitrogen and oxygen atoms in total. The predicted octanol–water partition coefficient (Wildman–Crippen LogP) is 5.11. The molecule has 0 atom stereocenters. The lowest BCUT2D eigenvalue weighted by Crippen LogP contribution is -2.13. The zero-order chi connectivity index (χ0) is 23.4. The molecule has 0 bridgehead atoms. The molecule has 10 heteroatoms. The summed E-state index contributed by atoms with van der Waals surface area (Å²) in [5, 5.41) is 12.7. The molecule has 3 aromatic heterocycles. The first-order valence-electron chi connectivity index (χ1n) is 10.2. The maximum absolute atomic E-state index is 12.6. The van der Waals surface area contributed by atoms with E-state index in [1.165, 1.54) is 23.1 Å². The molecule has 0 aliphatic heterocycles. The van der Waals surface area contributed by atoms with Gasteiger partial charge >= 0.3 is 5.97 Å². The van der Waals surface area contributed by atoms with E-state index in [4.69, 9.17) is 9.15 Å². The van der Waals surface area contributed by atoms with Crippen molar-refractivity contribution in [3.8, 4) is 17.1 Å². The number of nitrogens with one attached hydrogen (secondary N) is 1. The molecule has 33 heavy (non-hydrogen) atoms. The van der Waals surface area contributed by atoms with E-state index in [2.05, 4.69) is 15.5 Å². The Bertz CT molecular complexity index is 1280. The number of hydrogen-bond donors (Lipinski definition) is 1. The summed E-state index contributed by atoms with van der Waals surface area (Å²) in [5.74, 6) is 0.914. The van der Waals surface area contributed by atoms with Crippen molar-refractivity contribution in [2.45, 2.75) is 25.9 Å². The smallest absolute Gasteiger partial charge is 0.348 e. The quantitative estimate of drug-likeness (QED) is 0.275. The molecular weight excluding hydrogens is 460 g/mol. The zero-order valence-electron chi connectivity index (χ0n) is 18.3. The number of thiophene rings is 1. The maximum atomic E-state index is 12.6. The Morgan fingerprint density at radius 1 is 1.18 bits per heavy atom. The van der Waals surface area contributed by atoms with Crippen LogP contribution in [-0.4, -0.2) is 39.0 Å². The van der Waals surface area contributed by atoms with Gasteiger partial charge in [0.1, 0.15) is 10.6 Å². The van der Waals surface area contributed by atoms with E-state index in [9.17, 15) is 9.59 Å². The third-order valence-corrected chi connectivity index (χ3v) is 6.78. The predicted molar refractivity (Wildman–Crippen MR) is 128 cm³/mol. The summed E-state index contributed by atoms with van der Waals surface area (Å²) in [6.07, 6.45) is 1.61. The molecule has 1 aromatic carbocycles. The van der Waals surface area contributed by atoms with Gasteiger partial charge in [-0.2, -0.15) is 0 Å². The topological polar surface area (TPSA) is 99.2 Å². The lowest BCUT2D eigenvalue weighted by molar-refractivity contribution is -0.113. The van der Waals surface area contributed by atoms with Crippen molar-refractivity contribution in [2.75, 3.05) is 17.7 Å². The number of carbonyl (C=O) groups excluding carboxylic acids is 2. The van der Waals surface area contributed by atoms with Gasteiger partial charge in [0.05, 0.1) is 29.2 Å². The molecule has 1 amide bonds. The van der Waals surface area contributed by atoms with E-state index in [0.29, 0.717) is 27.5 Å². The van der Waals surface area contributed by atoms with Crippen molar-refractivity contribution < 1.29 is 18.7 Å². The molecule has 0 saturated heterocycles. The average molecular weight is 483 g/mol. The van der Waals surface area contributed by atoms with Crippen LogP contribution in [0.3, 0.4) is 0 Å². The van der Waals surface area contributed by atoms with Crippen molar-refractivity contribution in [3.63, 3.8) is 0 Å². The van der Waals surface area contributed by atoms with Crippen LogP contribution in [0.25, 0.3) is 17.1 Å². The highest BCUT2D eigenvalue weighted by Gasteiger charge is 2.20. The van der Waals surface area contributed by atoms with Crippen molar-refractivity contribution in [2.24, 2.45) is 0 Å². The van der Waals surface area contributed by atoms with E-state index in [1.54, 1.807) is 19.3 Å². The lowest BCUT2D eigenvalue weighted by Gasteiger charge is -2.09. The average Bonchev–Trinajstić information content (AvgIpc) is 3.51. The Morgan fingerprint density at radius 2 is 1.97 bits per heavy atom. The number of aromatic nitrogens is 3. The molecule has 4 aromatic rings. The number of nitrogens with zero attached hydrogens (tertiary/aromatic N) is 3. The molecule has 0 saturated carbocycles. The van der Waals surface area contributed by atoms with Gasteiger partial charge in [-0.25, -0.2) is 4.79 Å². The number of rotatable bonds is 8. The van der Waals surface area contributed by atoms with Crippen LogP contribution >= 0.6 is 23.1 Å². The molecule has 0 spiro atoms. The molecule has 0 unspecified atom stereocenters. The number of furan rings is 1. The van der Waals surface area contributed by atoms with Crippen LogP contribution in [-0.2, 0) is 9.53 Å². The van der Waals surface area contributed by atoms with Crippen LogP contribution in [0, 0.1) is 13.8 Å². The van der Waals surface area contributed by atoms with Crippen LogP contribution in [0.1, 0.15) is 27.9 Å². The summed E-state index contributed by atoms with van der Waals surface area (Å²) >= 11 is 2.48. The van der Waals surface area contributed by atoms with Crippen LogP contribution in [0.15, 0.2) is 58.3 Å². The molecular formula is C23H22N4O4S2. The molecule has 170 valence electrons. The van der Waals surface area contributed by atoms with Gasteiger partial charge in [-0.15, -0.1) is 21.5 Å². The third kappa shape index (κ3) is 5.01. The fourth-order valence-corrected chi connectivity index (χ4v) is 4.95. The molecule has 1 N–H and O–H groups in total. The highest BCUT2D eigenvalue weighted by Crippen LogP contribution is 2.31. The van der Waals surface area contributed by atoms with Gasteiger partial charge in [-0.05, 0) is 50.6 Å². The molecule has 0 radical (unpaired) electrons. The summed E-state index contributed by atoms with van der Waals surface area (Å²) in [5.41, 5.74) is 2.49. The third-order valence-electron chi connectivity index (χ3n) is 4.72. The zero-order valence-corrected chi connectivity index (χ0v) is 20.0. The number of carbonyl (C=O) groups is 2. The first kappa shape index (κ1) is 22.8. The molecule has 0 aliphatic carbocycles. The fraction of sp³-hybridized carbons (Fsp3) is 0.217. The van der Waals surface area contributed by atoms with E-state index in [0.717, 1.165) is 22.6 Å². The summed E-state index contributed by atoms with van der Waals surface area (Å²) in [4.78, 5) is 25.1. The minimum atomic E-state index is -0.382. The molecule has 0 aliphatic rings. The van der Waals surface area contributed by atoms with Crippen LogP contribution in [0.2, 0.25) is 0 Å². The minimum Gasteiger partial charge on any atom is -0.469 e. The number of ether oxygens (including phenoxy) is 1. The Kier molecular flexibility index (Phi) is 6.95. The highest BCUT2D eigenvalue weighted by atomic mass is 32.2. The number of anilines is 1. The second-order valence-electron chi connectivity index (χ2n) is 7.05. The lowest BCUT2D eigenvalue weighted by atomic mass is 10.2. The second-order valence-corrected chi connectivity index (χ2v) is 9.04. The SMILES string of the molecule is CCOC(=O)c1sc(NC(=O)CSc2nnc(-c3ccoc3C)n2-c2ccccc2)cc1C. The van der Waals surface area contributed by atoms with E-state index in [1.807, 2.05) is 54.8 Å². The van der Waals surface area contributed by atoms with E-state index in [-0.39, 0.29) is 17.6 Å². The van der Waals surface area contributed by atoms with Crippen molar-refractivity contribution >= 4 is 40.0 Å². The summed E-state index contributed by atoms with van der Waals surface area (Å²) < 4.78 is 12.4. The number of hydrogen-bond acceptors (Lipinski definition) is 8. The van der Waals surface area contributed by atoms with Gasteiger partial charge in [-0.3, -0.25) is 9.36 Å². The maximum Gasteiger partial charge on any atom is 0.348 e. The largest absolute Gasteiger partial charge is 0.469 e. The summed E-state index contributed by atoms with van der Waals surface area (Å²) in [6, 6.07) is 13.3. The Hall–Kier alpha value is -3.37. The molecule has 3 heterocycles. The van der Waals surface area contributed by atoms with Gasteiger partial charge in [0.15, 0.2) is 11.0 Å². The normalized spacial score (nSPS) is 10.9. The van der Waals surface area contributed by atoms with Crippen LogP contribution < -0.4 is 5.32 Å². The highest BCUT2D eigenvalue weighted by molar-refractivity contribution is 7.99. The van der Waals surface area contributed by atoms with Gasteiger partial charge in [0.25, 0.3) is 0 Å². The second kappa shape index (κ2) is 10.1.